The molecule has 1 aromatic rings. The quantitative estimate of drug-likeness (QED) is 0.651. The van der Waals surface area contributed by atoms with E-state index in [4.69, 9.17) is 0 Å². The van der Waals surface area contributed by atoms with E-state index in [1.54, 1.807) is 0 Å². The minimum Gasteiger partial charge on any atom is -0.314 e. The van der Waals surface area contributed by atoms with Gasteiger partial charge in [-0.25, -0.2) is 4.39 Å². The van der Waals surface area contributed by atoms with Crippen molar-refractivity contribution in [3.63, 3.8) is 0 Å². The fourth-order valence-corrected chi connectivity index (χ4v) is 2.46. The van der Waals surface area contributed by atoms with Crippen LogP contribution in [0.2, 0.25) is 0 Å². The van der Waals surface area contributed by atoms with Crippen molar-refractivity contribution in [3.8, 4) is 0 Å². The van der Waals surface area contributed by atoms with Crippen LogP contribution in [0.1, 0.15) is 17.2 Å². The molecular formula is C14H18Cl2F4N2. The third-order valence-electron chi connectivity index (χ3n) is 3.41. The van der Waals surface area contributed by atoms with E-state index < -0.39 is 23.6 Å². The summed E-state index contributed by atoms with van der Waals surface area (Å²) in [4.78, 5) is 1.91. The first kappa shape index (κ1) is 21.2. The average molecular weight is 361 g/mol. The van der Waals surface area contributed by atoms with Crippen molar-refractivity contribution in [2.24, 2.45) is 0 Å². The summed E-state index contributed by atoms with van der Waals surface area (Å²) in [5, 5.41) is 3.14. The van der Waals surface area contributed by atoms with Crippen molar-refractivity contribution in [2.45, 2.75) is 12.2 Å². The summed E-state index contributed by atoms with van der Waals surface area (Å²) in [6, 6.07) is 2.25. The number of benzene rings is 1. The van der Waals surface area contributed by atoms with Crippen molar-refractivity contribution < 1.29 is 17.6 Å². The molecule has 0 spiro atoms. The Hall–Kier alpha value is -0.820. The summed E-state index contributed by atoms with van der Waals surface area (Å²) in [5.41, 5.74) is -0.878. The van der Waals surface area contributed by atoms with Gasteiger partial charge >= 0.3 is 6.18 Å². The molecule has 1 aliphatic heterocycles. The van der Waals surface area contributed by atoms with Gasteiger partial charge in [-0.3, -0.25) is 4.90 Å². The lowest BCUT2D eigenvalue weighted by Gasteiger charge is -2.34. The molecule has 1 atom stereocenters. The van der Waals surface area contributed by atoms with Gasteiger partial charge in [-0.2, -0.15) is 13.2 Å². The first-order valence-corrected chi connectivity index (χ1v) is 6.37. The fraction of sp³-hybridized carbons (Fsp3) is 0.429. The van der Waals surface area contributed by atoms with Crippen molar-refractivity contribution in [1.82, 2.24) is 10.2 Å². The molecule has 1 N–H and O–H groups in total. The summed E-state index contributed by atoms with van der Waals surface area (Å²) in [6.07, 6.45) is -3.10. The van der Waals surface area contributed by atoms with Crippen LogP contribution in [0.4, 0.5) is 17.6 Å². The molecule has 0 amide bonds. The molecule has 1 aliphatic rings. The van der Waals surface area contributed by atoms with Gasteiger partial charge in [0.15, 0.2) is 0 Å². The Labute approximate surface area is 139 Å². The number of alkyl halides is 3. The van der Waals surface area contributed by atoms with E-state index in [0.29, 0.717) is 32.2 Å². The van der Waals surface area contributed by atoms with E-state index in [0.717, 1.165) is 6.07 Å². The number of hydrogen-bond acceptors (Lipinski definition) is 2. The topological polar surface area (TPSA) is 15.3 Å². The van der Waals surface area contributed by atoms with Crippen LogP contribution in [-0.2, 0) is 6.18 Å². The van der Waals surface area contributed by atoms with Crippen LogP contribution >= 0.6 is 24.8 Å². The Balaban J connectivity index is 0.00000220. The minimum absolute atomic E-state index is 0. The molecule has 126 valence electrons. The van der Waals surface area contributed by atoms with Gasteiger partial charge in [0.2, 0.25) is 0 Å². The first-order chi connectivity index (χ1) is 9.43. The van der Waals surface area contributed by atoms with Gasteiger partial charge in [-0.05, 0) is 17.7 Å². The van der Waals surface area contributed by atoms with Gasteiger partial charge in [0, 0.05) is 26.2 Å². The molecule has 0 aliphatic carbocycles. The summed E-state index contributed by atoms with van der Waals surface area (Å²) < 4.78 is 52.3. The molecule has 0 radical (unpaired) electrons. The summed E-state index contributed by atoms with van der Waals surface area (Å²) in [7, 11) is 0. The molecule has 1 heterocycles. The number of rotatable bonds is 3. The smallest absolute Gasteiger partial charge is 0.314 e. The second-order valence-electron chi connectivity index (χ2n) is 4.70. The summed E-state index contributed by atoms with van der Waals surface area (Å²) >= 11 is 0. The molecule has 2 nitrogen and oxygen atoms in total. The minimum atomic E-state index is -4.58. The number of piperazine rings is 1. The zero-order valence-corrected chi connectivity index (χ0v) is 13.3. The molecule has 8 heteroatoms. The fourth-order valence-electron chi connectivity index (χ4n) is 2.46. The Morgan fingerprint density at radius 2 is 1.77 bits per heavy atom. The van der Waals surface area contributed by atoms with Gasteiger partial charge in [0.1, 0.15) is 5.82 Å². The summed E-state index contributed by atoms with van der Waals surface area (Å²) in [6.45, 7) is 6.33. The monoisotopic (exact) mass is 360 g/mol. The molecule has 2 rings (SSSR count). The van der Waals surface area contributed by atoms with Crippen molar-refractivity contribution in [3.05, 3.63) is 47.8 Å². The Bertz CT molecular complexity index is 488. The molecule has 1 aromatic carbocycles. The highest BCUT2D eigenvalue weighted by molar-refractivity contribution is 5.85. The van der Waals surface area contributed by atoms with Crippen LogP contribution in [0.3, 0.4) is 0 Å². The van der Waals surface area contributed by atoms with Crippen LogP contribution in [0.25, 0.3) is 0 Å². The van der Waals surface area contributed by atoms with Gasteiger partial charge in [0.25, 0.3) is 0 Å². The van der Waals surface area contributed by atoms with Crippen LogP contribution in [0.15, 0.2) is 30.9 Å². The molecule has 1 fully saturated rings. The predicted octanol–water partition coefficient (Wildman–Crippen LogP) is 3.82. The van der Waals surface area contributed by atoms with Gasteiger partial charge < -0.3 is 5.32 Å². The van der Waals surface area contributed by atoms with Crippen molar-refractivity contribution in [1.29, 1.82) is 0 Å². The maximum absolute atomic E-state index is 13.1. The second-order valence-corrected chi connectivity index (χ2v) is 4.70. The molecule has 0 unspecified atom stereocenters. The Morgan fingerprint density at radius 3 is 2.27 bits per heavy atom. The Morgan fingerprint density at radius 1 is 1.18 bits per heavy atom. The molecule has 0 saturated carbocycles. The maximum Gasteiger partial charge on any atom is 0.416 e. The third kappa shape index (κ3) is 4.84. The standard InChI is InChI=1S/C14H16F4N2.2ClH/c1-2-13(20-7-5-19-6-8-20)11-4-3-10(15)9-12(11)14(16,17)18;;/h2-4,9,13,19H,1,5-8H2;2*1H/t13-;;/m0../s1. The predicted molar refractivity (Wildman–Crippen MR) is 83.3 cm³/mol. The van der Waals surface area contributed by atoms with E-state index >= 15 is 0 Å². The van der Waals surface area contributed by atoms with E-state index in [1.807, 2.05) is 4.90 Å². The first-order valence-electron chi connectivity index (χ1n) is 6.37. The van der Waals surface area contributed by atoms with Crippen LogP contribution in [0, 0.1) is 5.82 Å². The lowest BCUT2D eigenvalue weighted by Crippen LogP contribution is -2.45. The van der Waals surface area contributed by atoms with E-state index in [1.165, 1.54) is 12.1 Å². The number of nitrogens with one attached hydrogen (secondary N) is 1. The lowest BCUT2D eigenvalue weighted by atomic mass is 9.98. The van der Waals surface area contributed by atoms with Crippen molar-refractivity contribution >= 4 is 24.8 Å². The zero-order chi connectivity index (χ0) is 14.8. The molecule has 22 heavy (non-hydrogen) atoms. The van der Waals surface area contributed by atoms with E-state index in [2.05, 4.69) is 11.9 Å². The summed E-state index contributed by atoms with van der Waals surface area (Å²) in [5.74, 6) is -0.885. The van der Waals surface area contributed by atoms with Crippen LogP contribution < -0.4 is 5.32 Å². The van der Waals surface area contributed by atoms with Crippen LogP contribution in [0.5, 0.6) is 0 Å². The zero-order valence-electron chi connectivity index (χ0n) is 11.7. The van der Waals surface area contributed by atoms with Gasteiger partial charge in [0.05, 0.1) is 11.6 Å². The SMILES string of the molecule is C=C[C@@H](c1ccc(F)cc1C(F)(F)F)N1CCNCC1.Cl.Cl. The van der Waals surface area contributed by atoms with E-state index in [9.17, 15) is 17.6 Å². The highest BCUT2D eigenvalue weighted by Crippen LogP contribution is 2.37. The van der Waals surface area contributed by atoms with Gasteiger partial charge in [-0.1, -0.05) is 12.1 Å². The molecule has 1 saturated heterocycles. The largest absolute Gasteiger partial charge is 0.416 e. The number of nitrogens with zero attached hydrogens (tertiary/aromatic N) is 1. The molecule has 0 bridgehead atoms. The lowest BCUT2D eigenvalue weighted by molar-refractivity contribution is -0.138. The third-order valence-corrected chi connectivity index (χ3v) is 3.41. The highest BCUT2D eigenvalue weighted by Gasteiger charge is 2.36. The number of hydrogen-bond donors (Lipinski definition) is 1. The molecule has 0 aromatic heterocycles. The normalized spacial score (nSPS) is 17.1. The number of halogens is 6. The van der Waals surface area contributed by atoms with Gasteiger partial charge in [-0.15, -0.1) is 31.4 Å². The van der Waals surface area contributed by atoms with Crippen molar-refractivity contribution in [2.75, 3.05) is 26.2 Å². The average Bonchev–Trinajstić information content (AvgIpc) is 2.41. The van der Waals surface area contributed by atoms with Crippen LogP contribution in [-0.4, -0.2) is 31.1 Å². The molecular weight excluding hydrogens is 343 g/mol. The van der Waals surface area contributed by atoms with E-state index in [-0.39, 0.29) is 30.4 Å². The highest BCUT2D eigenvalue weighted by atomic mass is 35.5. The Kier molecular flexibility index (Phi) is 8.39. The maximum atomic E-state index is 13.1. The second kappa shape index (κ2) is 8.72.